The van der Waals surface area contributed by atoms with E-state index in [1.54, 1.807) is 29.1 Å². The fourth-order valence-electron chi connectivity index (χ4n) is 3.82. The molecular weight excluding hydrogens is 451 g/mol. The van der Waals surface area contributed by atoms with Crippen molar-refractivity contribution in [3.8, 4) is 5.75 Å². The Morgan fingerprint density at radius 3 is 2.78 bits per heavy atom. The monoisotopic (exact) mass is 472 g/mol. The standard InChI is InChI=1S/C24H22ClFN2O3S/c1-31-17-6-7-19-20(13-27-9-8-18-3-2-10-32-18)23(24(29)30)28(22(19)12-17)14-15-4-5-16(26)11-21(15)25/h2-7,10-12,27H,8-9,13-14H2,1H3,(H,29,30). The highest BCUT2D eigenvalue weighted by molar-refractivity contribution is 7.09. The molecule has 2 N–H and O–H groups in total. The second kappa shape index (κ2) is 9.73. The minimum Gasteiger partial charge on any atom is -0.497 e. The van der Waals surface area contributed by atoms with Crippen molar-refractivity contribution in [2.75, 3.05) is 13.7 Å². The number of carboxylic acids is 1. The maximum Gasteiger partial charge on any atom is 0.352 e. The molecule has 8 heteroatoms. The molecule has 0 unspecified atom stereocenters. The Morgan fingerprint density at radius 1 is 1.25 bits per heavy atom. The molecule has 32 heavy (non-hydrogen) atoms. The Balaban J connectivity index is 1.73. The van der Waals surface area contributed by atoms with E-state index in [1.165, 1.54) is 17.0 Å². The lowest BCUT2D eigenvalue weighted by Gasteiger charge is -2.11. The summed E-state index contributed by atoms with van der Waals surface area (Å²) in [6.07, 6.45) is 0.873. The highest BCUT2D eigenvalue weighted by Crippen LogP contribution is 2.31. The Kier molecular flexibility index (Phi) is 6.79. The lowest BCUT2D eigenvalue weighted by molar-refractivity contribution is 0.0684. The number of rotatable bonds is 9. The number of halogens is 2. The first-order valence-corrected chi connectivity index (χ1v) is 11.3. The van der Waals surface area contributed by atoms with Crippen molar-refractivity contribution >= 4 is 39.8 Å². The molecule has 0 aliphatic rings. The first-order chi connectivity index (χ1) is 15.5. The van der Waals surface area contributed by atoms with E-state index in [0.29, 0.717) is 23.4 Å². The zero-order valence-corrected chi connectivity index (χ0v) is 19.0. The zero-order chi connectivity index (χ0) is 22.7. The van der Waals surface area contributed by atoms with E-state index >= 15 is 0 Å². The van der Waals surface area contributed by atoms with Gasteiger partial charge in [0.1, 0.15) is 17.3 Å². The first kappa shape index (κ1) is 22.3. The number of carbonyl (C=O) groups is 1. The van der Waals surface area contributed by atoms with Crippen LogP contribution in [-0.2, 0) is 19.5 Å². The van der Waals surface area contributed by atoms with Gasteiger partial charge in [0.25, 0.3) is 0 Å². The average Bonchev–Trinajstić information content (AvgIpc) is 3.39. The number of aromatic nitrogens is 1. The summed E-state index contributed by atoms with van der Waals surface area (Å²) >= 11 is 7.94. The van der Waals surface area contributed by atoms with Crippen molar-refractivity contribution in [3.63, 3.8) is 0 Å². The molecule has 0 saturated heterocycles. The third-order valence-corrected chi connectivity index (χ3v) is 6.64. The van der Waals surface area contributed by atoms with Crippen molar-refractivity contribution in [1.82, 2.24) is 9.88 Å². The van der Waals surface area contributed by atoms with Crippen LogP contribution in [0.5, 0.6) is 5.75 Å². The Labute approximate surface area is 194 Å². The highest BCUT2D eigenvalue weighted by atomic mass is 35.5. The van der Waals surface area contributed by atoms with Gasteiger partial charge in [-0.1, -0.05) is 23.7 Å². The van der Waals surface area contributed by atoms with Crippen LogP contribution in [0.4, 0.5) is 4.39 Å². The number of carboxylic acid groups (broad SMARTS) is 1. The molecule has 2 heterocycles. The molecular formula is C24H22ClFN2O3S. The quantitative estimate of drug-likeness (QED) is 0.312. The van der Waals surface area contributed by atoms with Crippen LogP contribution >= 0.6 is 22.9 Å². The molecule has 0 aliphatic heterocycles. The summed E-state index contributed by atoms with van der Waals surface area (Å²) < 4.78 is 20.6. The van der Waals surface area contributed by atoms with Gasteiger partial charge in [-0.2, -0.15) is 0 Å². The summed E-state index contributed by atoms with van der Waals surface area (Å²) in [6, 6.07) is 13.7. The number of methoxy groups -OCH3 is 1. The summed E-state index contributed by atoms with van der Waals surface area (Å²) in [7, 11) is 1.57. The minimum atomic E-state index is -1.03. The zero-order valence-electron chi connectivity index (χ0n) is 17.4. The van der Waals surface area contributed by atoms with E-state index in [2.05, 4.69) is 11.4 Å². The molecule has 5 nitrogen and oxygen atoms in total. The molecule has 0 saturated carbocycles. The molecule has 2 aromatic heterocycles. The van der Waals surface area contributed by atoms with Crippen molar-refractivity contribution < 1.29 is 19.0 Å². The van der Waals surface area contributed by atoms with E-state index in [9.17, 15) is 14.3 Å². The second-order valence-corrected chi connectivity index (χ2v) is 8.78. The highest BCUT2D eigenvalue weighted by Gasteiger charge is 2.23. The SMILES string of the molecule is COc1ccc2c(CNCCc3cccs3)c(C(=O)O)n(Cc3ccc(F)cc3Cl)c2c1. The topological polar surface area (TPSA) is 63.5 Å². The second-order valence-electron chi connectivity index (χ2n) is 7.34. The van der Waals surface area contributed by atoms with E-state index < -0.39 is 11.8 Å². The number of aromatic carboxylic acids is 1. The number of hydrogen-bond acceptors (Lipinski definition) is 4. The Hall–Kier alpha value is -2.87. The number of fused-ring (bicyclic) bond motifs is 1. The molecule has 0 fully saturated rings. The van der Waals surface area contributed by atoms with Gasteiger partial charge in [0.05, 0.1) is 12.6 Å². The number of ether oxygens (including phenoxy) is 1. The van der Waals surface area contributed by atoms with Crippen LogP contribution in [0.15, 0.2) is 53.9 Å². The van der Waals surface area contributed by atoms with Crippen molar-refractivity contribution in [1.29, 1.82) is 0 Å². The van der Waals surface area contributed by atoms with E-state index in [4.69, 9.17) is 16.3 Å². The van der Waals surface area contributed by atoms with Crippen LogP contribution in [0, 0.1) is 5.82 Å². The van der Waals surface area contributed by atoms with Crippen LogP contribution < -0.4 is 10.1 Å². The molecule has 0 radical (unpaired) electrons. The fourth-order valence-corrected chi connectivity index (χ4v) is 4.75. The van der Waals surface area contributed by atoms with Gasteiger partial charge in [-0.05, 0) is 47.7 Å². The molecule has 166 valence electrons. The number of nitrogens with zero attached hydrogens (tertiary/aromatic N) is 1. The van der Waals surface area contributed by atoms with Crippen LogP contribution in [0.1, 0.15) is 26.5 Å². The summed E-state index contributed by atoms with van der Waals surface area (Å²) in [5, 5.41) is 16.6. The molecule has 0 atom stereocenters. The molecule has 0 spiro atoms. The predicted molar refractivity (Wildman–Crippen MR) is 126 cm³/mol. The van der Waals surface area contributed by atoms with Crippen molar-refractivity contribution in [3.05, 3.63) is 86.4 Å². The minimum absolute atomic E-state index is 0.178. The molecule has 0 bridgehead atoms. The molecule has 0 aliphatic carbocycles. The summed E-state index contributed by atoms with van der Waals surface area (Å²) in [6.45, 7) is 1.33. The maximum atomic E-state index is 13.5. The molecule has 0 amide bonds. The number of thiophene rings is 1. The normalized spacial score (nSPS) is 11.2. The number of benzene rings is 2. The molecule has 4 aromatic rings. The Bertz CT molecular complexity index is 1250. The van der Waals surface area contributed by atoms with Gasteiger partial charge >= 0.3 is 5.97 Å². The average molecular weight is 473 g/mol. The molecule has 4 rings (SSSR count). The van der Waals surface area contributed by atoms with E-state index in [1.807, 2.05) is 29.6 Å². The van der Waals surface area contributed by atoms with Gasteiger partial charge in [-0.25, -0.2) is 9.18 Å². The van der Waals surface area contributed by atoms with Gasteiger partial charge < -0.3 is 19.7 Å². The fraction of sp³-hybridized carbons (Fsp3) is 0.208. The third-order valence-electron chi connectivity index (χ3n) is 5.35. The largest absolute Gasteiger partial charge is 0.497 e. The number of hydrogen-bond donors (Lipinski definition) is 2. The lowest BCUT2D eigenvalue weighted by Crippen LogP contribution is -2.19. The lowest BCUT2D eigenvalue weighted by atomic mass is 10.1. The van der Waals surface area contributed by atoms with E-state index in [0.717, 1.165) is 23.9 Å². The van der Waals surface area contributed by atoms with Crippen LogP contribution in [0.2, 0.25) is 5.02 Å². The summed E-state index contributed by atoms with van der Waals surface area (Å²) in [5.41, 5.74) is 2.22. The van der Waals surface area contributed by atoms with Gasteiger partial charge in [0.2, 0.25) is 0 Å². The van der Waals surface area contributed by atoms with Crippen molar-refractivity contribution in [2.45, 2.75) is 19.5 Å². The predicted octanol–water partition coefficient (Wildman–Crippen LogP) is 5.58. The first-order valence-electron chi connectivity index (χ1n) is 10.1. The third kappa shape index (κ3) is 4.65. The smallest absolute Gasteiger partial charge is 0.352 e. The maximum absolute atomic E-state index is 13.5. The summed E-state index contributed by atoms with van der Waals surface area (Å²) in [4.78, 5) is 13.6. The van der Waals surface area contributed by atoms with Gasteiger partial charge in [-0.3, -0.25) is 0 Å². The Morgan fingerprint density at radius 2 is 2.09 bits per heavy atom. The van der Waals surface area contributed by atoms with Gasteiger partial charge in [0.15, 0.2) is 0 Å². The van der Waals surface area contributed by atoms with Crippen molar-refractivity contribution in [2.24, 2.45) is 0 Å². The van der Waals surface area contributed by atoms with E-state index in [-0.39, 0.29) is 17.3 Å². The van der Waals surface area contributed by atoms with Crippen LogP contribution in [0.25, 0.3) is 10.9 Å². The van der Waals surface area contributed by atoms with Gasteiger partial charge in [-0.15, -0.1) is 11.3 Å². The number of nitrogens with one attached hydrogen (secondary N) is 1. The van der Waals surface area contributed by atoms with Gasteiger partial charge in [0, 0.05) is 46.6 Å². The summed E-state index contributed by atoms with van der Waals surface area (Å²) in [5.74, 6) is -0.851. The molecule has 2 aromatic carbocycles. The van der Waals surface area contributed by atoms with Crippen LogP contribution in [-0.4, -0.2) is 29.3 Å². The van der Waals surface area contributed by atoms with Crippen LogP contribution in [0.3, 0.4) is 0 Å².